The monoisotopic (exact) mass is 800 g/mol. The van der Waals surface area contributed by atoms with Crippen LogP contribution in [0.5, 0.6) is 23.0 Å². The maximum atomic E-state index is 12.7. The molecule has 0 atom stereocenters. The van der Waals surface area contributed by atoms with Gasteiger partial charge in [0.15, 0.2) is 6.19 Å². The van der Waals surface area contributed by atoms with Crippen molar-refractivity contribution in [1.82, 2.24) is 15.5 Å². The summed E-state index contributed by atoms with van der Waals surface area (Å²) in [5, 5.41) is 17.4. The largest absolute Gasteiger partial charge is 0.457 e. The lowest BCUT2D eigenvalue weighted by atomic mass is 10.1. The molecule has 0 saturated heterocycles. The molecule has 6 aromatic carbocycles. The first-order valence-electron chi connectivity index (χ1n) is 18.1. The van der Waals surface area contributed by atoms with Crippen molar-refractivity contribution in [3.05, 3.63) is 144 Å². The highest BCUT2D eigenvalue weighted by atomic mass is 19.4. The van der Waals surface area contributed by atoms with Crippen LogP contribution in [0.4, 0.5) is 26.3 Å². The number of amides is 2. The van der Waals surface area contributed by atoms with Crippen molar-refractivity contribution < 1.29 is 45.4 Å². The molecule has 0 aromatic heterocycles. The van der Waals surface area contributed by atoms with Gasteiger partial charge < -0.3 is 25.0 Å². The Hall–Kier alpha value is -6.75. The van der Waals surface area contributed by atoms with E-state index in [4.69, 9.17) is 14.7 Å². The van der Waals surface area contributed by atoms with E-state index in [0.717, 1.165) is 58.7 Å². The van der Waals surface area contributed by atoms with Gasteiger partial charge in [-0.25, -0.2) is 0 Å². The van der Waals surface area contributed by atoms with Crippen molar-refractivity contribution in [3.63, 3.8) is 0 Å². The van der Waals surface area contributed by atoms with E-state index in [1.807, 2.05) is 18.3 Å². The van der Waals surface area contributed by atoms with E-state index in [1.54, 1.807) is 67.7 Å². The van der Waals surface area contributed by atoms with Gasteiger partial charge in [0, 0.05) is 48.6 Å². The molecule has 0 unspecified atom stereocenters. The van der Waals surface area contributed by atoms with Gasteiger partial charge in [-0.2, -0.15) is 31.6 Å². The molecular formula is C44H38F6N4O4. The molecule has 6 aromatic rings. The molecule has 2 N–H and O–H groups in total. The molecular weight excluding hydrogens is 762 g/mol. The van der Waals surface area contributed by atoms with Crippen molar-refractivity contribution in [2.75, 3.05) is 26.7 Å². The van der Waals surface area contributed by atoms with Crippen LogP contribution in [0.25, 0.3) is 21.5 Å². The Balaban J connectivity index is 0.000000221. The number of fused-ring (bicyclic) bond motifs is 2. The smallest absolute Gasteiger partial charge is 0.416 e. The number of nitrogens with zero attached hydrogens (tertiary/aromatic N) is 2. The Kier molecular flexibility index (Phi) is 13.8. The number of hydrogen-bond donors (Lipinski definition) is 2. The van der Waals surface area contributed by atoms with Gasteiger partial charge in [-0.15, -0.1) is 0 Å². The predicted octanol–water partition coefficient (Wildman–Crippen LogP) is 11.0. The fraction of sp³-hybridized carbons (Fsp3) is 0.205. The van der Waals surface area contributed by atoms with E-state index in [-0.39, 0.29) is 17.6 Å². The second-order valence-electron chi connectivity index (χ2n) is 13.0. The van der Waals surface area contributed by atoms with E-state index < -0.39 is 23.5 Å². The minimum absolute atomic E-state index is 0.135. The van der Waals surface area contributed by atoms with Crippen LogP contribution in [0, 0.1) is 11.5 Å². The average Bonchev–Trinajstić information content (AvgIpc) is 3.20. The van der Waals surface area contributed by atoms with Gasteiger partial charge in [-0.3, -0.25) is 9.59 Å². The molecule has 6 rings (SSSR count). The van der Waals surface area contributed by atoms with Gasteiger partial charge in [-0.05, 0) is 114 Å². The van der Waals surface area contributed by atoms with Gasteiger partial charge >= 0.3 is 12.4 Å². The molecule has 0 bridgehead atoms. The van der Waals surface area contributed by atoms with Crippen molar-refractivity contribution >= 4 is 33.4 Å². The van der Waals surface area contributed by atoms with Gasteiger partial charge in [0.2, 0.25) is 0 Å². The first-order valence-corrected chi connectivity index (χ1v) is 18.1. The highest BCUT2D eigenvalue weighted by Crippen LogP contribution is 2.35. The zero-order valence-corrected chi connectivity index (χ0v) is 31.4. The standard InChI is InChI=1S/C22H18F3N3O2.C22H20F3NO2/c1-28(14-26)12-11-27-21(29)16-5-10-19-15(13-16)3-2-4-20(19)30-18-8-6-17(7-9-18)22(23,24)25;1-2-3-13-26-21(27)16-7-12-19-15(14-16)5-4-6-20(19)28-18-10-8-17(9-11-18)22(23,24)25/h2-10,13H,11-12H2,1H3,(H,27,29);4-12,14H,2-3,13H2,1H3,(H,26,27). The Labute approximate surface area is 330 Å². The minimum Gasteiger partial charge on any atom is -0.457 e. The summed E-state index contributed by atoms with van der Waals surface area (Å²) in [5.41, 5.74) is -0.468. The van der Waals surface area contributed by atoms with Gasteiger partial charge in [-0.1, -0.05) is 37.6 Å². The molecule has 0 heterocycles. The third-order valence-electron chi connectivity index (χ3n) is 8.74. The number of hydrogen-bond acceptors (Lipinski definition) is 6. The third-order valence-corrected chi connectivity index (χ3v) is 8.74. The fourth-order valence-corrected chi connectivity index (χ4v) is 5.62. The quantitative estimate of drug-likeness (QED) is 0.0553. The number of unbranched alkanes of at least 4 members (excludes halogenated alkanes) is 1. The molecule has 0 spiro atoms. The number of nitrogens with one attached hydrogen (secondary N) is 2. The SMILES string of the molecule is CCCCNC(=O)c1ccc2c(Oc3ccc(C(F)(F)F)cc3)cccc2c1.CN(C#N)CCNC(=O)c1ccc2c(Oc3ccc(C(F)(F)F)cc3)cccc2c1. The molecule has 2 amide bonds. The van der Waals surface area contributed by atoms with Crippen molar-refractivity contribution in [2.24, 2.45) is 0 Å². The summed E-state index contributed by atoms with van der Waals surface area (Å²) >= 11 is 0. The molecule has 0 fully saturated rings. The van der Waals surface area contributed by atoms with E-state index in [0.29, 0.717) is 48.0 Å². The molecule has 58 heavy (non-hydrogen) atoms. The van der Waals surface area contributed by atoms with Gasteiger partial charge in [0.05, 0.1) is 11.1 Å². The number of benzene rings is 6. The van der Waals surface area contributed by atoms with E-state index in [9.17, 15) is 35.9 Å². The summed E-state index contributed by atoms with van der Waals surface area (Å²) in [6.45, 7) is 3.42. The summed E-state index contributed by atoms with van der Waals surface area (Å²) in [6.07, 6.45) is -4.91. The lowest BCUT2D eigenvalue weighted by Gasteiger charge is -2.12. The summed E-state index contributed by atoms with van der Waals surface area (Å²) in [5.74, 6) is 1.16. The van der Waals surface area contributed by atoms with E-state index in [1.165, 1.54) is 29.2 Å². The van der Waals surface area contributed by atoms with E-state index >= 15 is 0 Å². The topological polar surface area (TPSA) is 104 Å². The van der Waals surface area contributed by atoms with Crippen LogP contribution >= 0.6 is 0 Å². The normalized spacial score (nSPS) is 11.2. The van der Waals surface area contributed by atoms with Crippen LogP contribution in [0.3, 0.4) is 0 Å². The number of nitriles is 1. The molecule has 0 aliphatic heterocycles. The highest BCUT2D eigenvalue weighted by molar-refractivity contribution is 6.01. The number of carbonyl (C=O) groups excluding carboxylic acids is 2. The summed E-state index contributed by atoms with van der Waals surface area (Å²) in [7, 11) is 1.63. The highest BCUT2D eigenvalue weighted by Gasteiger charge is 2.31. The van der Waals surface area contributed by atoms with Crippen LogP contribution in [0.1, 0.15) is 51.6 Å². The van der Waals surface area contributed by atoms with Gasteiger partial charge in [0.1, 0.15) is 23.0 Å². The zero-order valence-electron chi connectivity index (χ0n) is 31.4. The number of rotatable bonds is 12. The second kappa shape index (κ2) is 18.9. The Bertz CT molecular complexity index is 2390. The predicted molar refractivity (Wildman–Crippen MR) is 209 cm³/mol. The van der Waals surface area contributed by atoms with Crippen LogP contribution in [0.2, 0.25) is 0 Å². The third kappa shape index (κ3) is 11.4. The molecule has 0 saturated carbocycles. The first kappa shape index (κ1) is 42.4. The second-order valence-corrected chi connectivity index (χ2v) is 13.0. The number of carbonyl (C=O) groups is 2. The molecule has 0 aliphatic carbocycles. The molecule has 0 aliphatic rings. The number of halogens is 6. The Morgan fingerprint density at radius 1 is 0.638 bits per heavy atom. The van der Waals surface area contributed by atoms with Gasteiger partial charge in [0.25, 0.3) is 11.8 Å². The summed E-state index contributed by atoms with van der Waals surface area (Å²) < 4.78 is 87.7. The molecule has 0 radical (unpaired) electrons. The number of alkyl halides is 6. The summed E-state index contributed by atoms with van der Waals surface area (Å²) in [6, 6.07) is 30.0. The van der Waals surface area contributed by atoms with Crippen molar-refractivity contribution in [1.29, 1.82) is 5.26 Å². The Morgan fingerprint density at radius 3 is 1.47 bits per heavy atom. The molecule has 14 heteroatoms. The lowest BCUT2D eigenvalue weighted by Crippen LogP contribution is -2.31. The maximum Gasteiger partial charge on any atom is 0.416 e. The molecule has 300 valence electrons. The maximum absolute atomic E-state index is 12.7. The van der Waals surface area contributed by atoms with Crippen LogP contribution in [-0.2, 0) is 12.4 Å². The minimum atomic E-state index is -4.40. The van der Waals surface area contributed by atoms with Crippen LogP contribution in [-0.4, -0.2) is 43.4 Å². The van der Waals surface area contributed by atoms with Crippen molar-refractivity contribution in [2.45, 2.75) is 32.1 Å². The number of ether oxygens (including phenoxy) is 2. The molecule has 8 nitrogen and oxygen atoms in total. The van der Waals surface area contributed by atoms with Crippen molar-refractivity contribution in [3.8, 4) is 29.2 Å². The first-order chi connectivity index (χ1) is 27.7. The zero-order chi connectivity index (χ0) is 41.9. The van der Waals surface area contributed by atoms with E-state index in [2.05, 4.69) is 17.6 Å². The Morgan fingerprint density at radius 2 is 1.07 bits per heavy atom. The lowest BCUT2D eigenvalue weighted by molar-refractivity contribution is -0.138. The average molecular weight is 801 g/mol. The van der Waals surface area contributed by atoms with Crippen LogP contribution < -0.4 is 20.1 Å². The fourth-order valence-electron chi connectivity index (χ4n) is 5.62. The number of likely N-dealkylation sites (N-methyl/N-ethyl adjacent to an activating group) is 1. The summed E-state index contributed by atoms with van der Waals surface area (Å²) in [4.78, 5) is 25.9. The van der Waals surface area contributed by atoms with Crippen LogP contribution in [0.15, 0.2) is 121 Å².